The maximum absolute atomic E-state index is 9.63. The van der Waals surface area contributed by atoms with Gasteiger partial charge in [-0.05, 0) is 18.2 Å². The molecule has 20 heavy (non-hydrogen) atoms. The standard InChI is InChI=1S/C17H19NO2/c1-18-16(13-8-4-2-5-9-13)15(12-19)20-17(18)14-10-6-3-7-11-14/h2-11,15-17,19H,12H2,1H3/t15-,16+,17?/m0/s1. The highest BCUT2D eigenvalue weighted by Gasteiger charge is 2.40. The van der Waals surface area contributed by atoms with Crippen molar-refractivity contribution in [2.75, 3.05) is 13.7 Å². The van der Waals surface area contributed by atoms with Gasteiger partial charge in [-0.2, -0.15) is 0 Å². The van der Waals surface area contributed by atoms with Crippen LogP contribution >= 0.6 is 0 Å². The lowest BCUT2D eigenvalue weighted by atomic mass is 10.0. The number of likely N-dealkylation sites (N-methyl/N-ethyl adjacent to an activating group) is 1. The third-order valence-electron chi connectivity index (χ3n) is 3.87. The summed E-state index contributed by atoms with van der Waals surface area (Å²) in [5.41, 5.74) is 2.29. The highest BCUT2D eigenvalue weighted by Crippen LogP contribution is 2.41. The fraction of sp³-hybridized carbons (Fsp3) is 0.294. The summed E-state index contributed by atoms with van der Waals surface area (Å²) < 4.78 is 6.05. The summed E-state index contributed by atoms with van der Waals surface area (Å²) in [5.74, 6) is 0. The van der Waals surface area contributed by atoms with Crippen LogP contribution in [0.25, 0.3) is 0 Å². The zero-order chi connectivity index (χ0) is 13.9. The molecule has 0 saturated carbocycles. The van der Waals surface area contributed by atoms with Crippen LogP contribution in [0.4, 0.5) is 0 Å². The molecule has 1 fully saturated rings. The fourth-order valence-electron chi connectivity index (χ4n) is 2.92. The third kappa shape index (κ3) is 2.36. The largest absolute Gasteiger partial charge is 0.394 e. The molecule has 0 bridgehead atoms. The van der Waals surface area contributed by atoms with Crippen molar-refractivity contribution in [1.29, 1.82) is 0 Å². The van der Waals surface area contributed by atoms with Crippen molar-refractivity contribution < 1.29 is 9.84 Å². The van der Waals surface area contributed by atoms with Crippen molar-refractivity contribution in [2.45, 2.75) is 18.4 Å². The number of ether oxygens (including phenoxy) is 1. The summed E-state index contributed by atoms with van der Waals surface area (Å²) in [7, 11) is 2.05. The molecule has 3 atom stereocenters. The molecule has 3 heteroatoms. The number of aliphatic hydroxyl groups is 1. The predicted octanol–water partition coefficient (Wildman–Crippen LogP) is 2.75. The average molecular weight is 269 g/mol. The molecule has 1 unspecified atom stereocenters. The molecule has 1 aliphatic rings. The first-order chi connectivity index (χ1) is 9.81. The lowest BCUT2D eigenvalue weighted by Gasteiger charge is -2.24. The van der Waals surface area contributed by atoms with Crippen molar-refractivity contribution in [3.05, 3.63) is 71.8 Å². The number of aliphatic hydroxyl groups excluding tert-OH is 1. The van der Waals surface area contributed by atoms with E-state index in [1.54, 1.807) is 0 Å². The number of nitrogens with zero attached hydrogens (tertiary/aromatic N) is 1. The first kappa shape index (κ1) is 13.3. The maximum atomic E-state index is 9.63. The monoisotopic (exact) mass is 269 g/mol. The van der Waals surface area contributed by atoms with E-state index >= 15 is 0 Å². The van der Waals surface area contributed by atoms with Gasteiger partial charge in [0.15, 0.2) is 0 Å². The summed E-state index contributed by atoms with van der Waals surface area (Å²) in [5, 5.41) is 9.63. The van der Waals surface area contributed by atoms with Crippen molar-refractivity contribution in [3.63, 3.8) is 0 Å². The van der Waals surface area contributed by atoms with Gasteiger partial charge < -0.3 is 9.84 Å². The Kier molecular flexibility index (Phi) is 3.83. The van der Waals surface area contributed by atoms with Gasteiger partial charge >= 0.3 is 0 Å². The minimum atomic E-state index is -0.201. The SMILES string of the molecule is CN1C(c2ccccc2)O[C@@H](CO)[C@H]1c1ccccc1. The van der Waals surface area contributed by atoms with Gasteiger partial charge in [0, 0.05) is 0 Å². The van der Waals surface area contributed by atoms with E-state index in [0.717, 1.165) is 5.56 Å². The normalized spacial score (nSPS) is 26.8. The van der Waals surface area contributed by atoms with Crippen LogP contribution < -0.4 is 0 Å². The molecular formula is C17H19NO2. The van der Waals surface area contributed by atoms with Gasteiger partial charge in [-0.15, -0.1) is 0 Å². The number of benzene rings is 2. The van der Waals surface area contributed by atoms with Gasteiger partial charge in [0.25, 0.3) is 0 Å². The molecule has 0 radical (unpaired) electrons. The molecule has 1 saturated heterocycles. The molecule has 3 rings (SSSR count). The molecule has 2 aromatic rings. The van der Waals surface area contributed by atoms with E-state index in [1.807, 2.05) is 43.4 Å². The first-order valence-electron chi connectivity index (χ1n) is 6.89. The molecule has 3 nitrogen and oxygen atoms in total. The van der Waals surface area contributed by atoms with Crippen LogP contribution in [0.2, 0.25) is 0 Å². The van der Waals surface area contributed by atoms with Gasteiger partial charge in [-0.3, -0.25) is 4.90 Å². The summed E-state index contributed by atoms with van der Waals surface area (Å²) in [6.07, 6.45) is -0.314. The van der Waals surface area contributed by atoms with E-state index in [4.69, 9.17) is 4.74 Å². The van der Waals surface area contributed by atoms with Crippen molar-refractivity contribution in [3.8, 4) is 0 Å². The Morgan fingerprint density at radius 1 is 0.950 bits per heavy atom. The van der Waals surface area contributed by atoms with Crippen molar-refractivity contribution in [2.24, 2.45) is 0 Å². The molecular weight excluding hydrogens is 250 g/mol. The van der Waals surface area contributed by atoms with Gasteiger partial charge in [-0.25, -0.2) is 0 Å². The Morgan fingerprint density at radius 2 is 1.50 bits per heavy atom. The van der Waals surface area contributed by atoms with Crippen LogP contribution in [-0.2, 0) is 4.74 Å². The topological polar surface area (TPSA) is 32.7 Å². The van der Waals surface area contributed by atoms with Gasteiger partial charge in [0.05, 0.1) is 12.6 Å². The Balaban J connectivity index is 1.92. The summed E-state index contributed by atoms with van der Waals surface area (Å²) in [6, 6.07) is 20.4. The molecule has 1 N–H and O–H groups in total. The Hall–Kier alpha value is -1.68. The summed E-state index contributed by atoms with van der Waals surface area (Å²) in [6.45, 7) is 0.0211. The molecule has 2 aromatic carbocycles. The maximum Gasteiger partial charge on any atom is 0.137 e. The van der Waals surface area contributed by atoms with Crippen LogP contribution in [0, 0.1) is 0 Å². The Labute approximate surface area is 119 Å². The van der Waals surface area contributed by atoms with Gasteiger partial charge in [0.2, 0.25) is 0 Å². The second-order valence-electron chi connectivity index (χ2n) is 5.14. The smallest absolute Gasteiger partial charge is 0.137 e. The highest BCUT2D eigenvalue weighted by atomic mass is 16.5. The average Bonchev–Trinajstić information content (AvgIpc) is 2.86. The van der Waals surface area contributed by atoms with Gasteiger partial charge in [0.1, 0.15) is 12.3 Å². The molecule has 0 aromatic heterocycles. The highest BCUT2D eigenvalue weighted by molar-refractivity contribution is 5.24. The van der Waals surface area contributed by atoms with Crippen molar-refractivity contribution in [1.82, 2.24) is 4.90 Å². The van der Waals surface area contributed by atoms with E-state index in [0.29, 0.717) is 0 Å². The number of hydrogen-bond acceptors (Lipinski definition) is 3. The van der Waals surface area contributed by atoms with Crippen LogP contribution in [0.3, 0.4) is 0 Å². The number of rotatable bonds is 3. The first-order valence-corrected chi connectivity index (χ1v) is 6.89. The number of hydrogen-bond donors (Lipinski definition) is 1. The molecule has 104 valence electrons. The Morgan fingerprint density at radius 3 is 2.05 bits per heavy atom. The zero-order valence-corrected chi connectivity index (χ0v) is 11.5. The molecule has 1 heterocycles. The minimum absolute atomic E-state index is 0.0211. The molecule has 1 aliphatic heterocycles. The van der Waals surface area contributed by atoms with Crippen LogP contribution in [0.1, 0.15) is 23.4 Å². The zero-order valence-electron chi connectivity index (χ0n) is 11.5. The van der Waals surface area contributed by atoms with Crippen LogP contribution in [-0.4, -0.2) is 29.8 Å². The lowest BCUT2D eigenvalue weighted by Crippen LogP contribution is -2.27. The quantitative estimate of drug-likeness (QED) is 0.930. The van der Waals surface area contributed by atoms with Gasteiger partial charge in [-0.1, -0.05) is 60.7 Å². The van der Waals surface area contributed by atoms with E-state index in [2.05, 4.69) is 29.2 Å². The molecule has 0 spiro atoms. The van der Waals surface area contributed by atoms with Crippen molar-refractivity contribution >= 4 is 0 Å². The van der Waals surface area contributed by atoms with E-state index in [-0.39, 0.29) is 25.0 Å². The van der Waals surface area contributed by atoms with E-state index in [1.165, 1.54) is 5.56 Å². The third-order valence-corrected chi connectivity index (χ3v) is 3.87. The van der Waals surface area contributed by atoms with Crippen LogP contribution in [0.15, 0.2) is 60.7 Å². The Bertz CT molecular complexity index is 543. The van der Waals surface area contributed by atoms with E-state index < -0.39 is 0 Å². The van der Waals surface area contributed by atoms with E-state index in [9.17, 15) is 5.11 Å². The predicted molar refractivity (Wildman–Crippen MR) is 78.1 cm³/mol. The molecule has 0 amide bonds. The summed E-state index contributed by atoms with van der Waals surface area (Å²) >= 11 is 0. The summed E-state index contributed by atoms with van der Waals surface area (Å²) in [4.78, 5) is 2.19. The second kappa shape index (κ2) is 5.75. The lowest BCUT2D eigenvalue weighted by molar-refractivity contribution is -0.0145. The van der Waals surface area contributed by atoms with Crippen LogP contribution in [0.5, 0.6) is 0 Å². The molecule has 0 aliphatic carbocycles. The minimum Gasteiger partial charge on any atom is -0.394 e. The second-order valence-corrected chi connectivity index (χ2v) is 5.14. The fourth-order valence-corrected chi connectivity index (χ4v) is 2.92.